The number of hydrogen-bond acceptors (Lipinski definition) is 7. The van der Waals surface area contributed by atoms with Crippen molar-refractivity contribution in [2.24, 2.45) is 0 Å². The van der Waals surface area contributed by atoms with Crippen LogP contribution >= 0.6 is 0 Å². The first-order valence-corrected chi connectivity index (χ1v) is 7.93. The van der Waals surface area contributed by atoms with Gasteiger partial charge in [0.25, 0.3) is 11.6 Å². The van der Waals surface area contributed by atoms with Crippen molar-refractivity contribution in [3.63, 3.8) is 0 Å². The maximum Gasteiger partial charge on any atom is 0.323 e. The molecule has 0 saturated carbocycles. The minimum absolute atomic E-state index is 0.0696. The van der Waals surface area contributed by atoms with Crippen LogP contribution in [0.4, 0.5) is 17.1 Å². The zero-order chi connectivity index (χ0) is 19.6. The highest BCUT2D eigenvalue weighted by Gasteiger charge is 2.40. The van der Waals surface area contributed by atoms with Crippen LogP contribution < -0.4 is 10.6 Å². The lowest BCUT2D eigenvalue weighted by Gasteiger charge is -2.10. The molecule has 3 rings (SSSR count). The van der Waals surface area contributed by atoms with Crippen molar-refractivity contribution in [1.82, 2.24) is 4.98 Å². The molecule has 0 saturated heterocycles. The summed E-state index contributed by atoms with van der Waals surface area (Å²) in [5.41, 5.74) is 0.0429. The van der Waals surface area contributed by atoms with Crippen molar-refractivity contribution in [1.29, 1.82) is 0 Å². The van der Waals surface area contributed by atoms with E-state index in [1.54, 1.807) is 6.92 Å². The van der Waals surface area contributed by atoms with Gasteiger partial charge in [-0.2, -0.15) is 0 Å². The molecule has 0 fully saturated rings. The first-order valence-electron chi connectivity index (χ1n) is 7.93. The molecule has 1 aromatic heterocycles. The number of nitrogens with one attached hydrogen (secondary N) is 2. The van der Waals surface area contributed by atoms with Gasteiger partial charge in [-0.1, -0.05) is 0 Å². The van der Waals surface area contributed by atoms with E-state index in [0.29, 0.717) is 0 Å². The zero-order valence-electron chi connectivity index (χ0n) is 14.1. The van der Waals surface area contributed by atoms with Crippen LogP contribution in [-0.4, -0.2) is 34.3 Å². The van der Waals surface area contributed by atoms with Gasteiger partial charge in [-0.05, 0) is 25.1 Å². The molecule has 1 aromatic carbocycles. The predicted molar refractivity (Wildman–Crippen MR) is 93.3 cm³/mol. The van der Waals surface area contributed by atoms with E-state index in [1.165, 1.54) is 30.6 Å². The number of amides is 2. The van der Waals surface area contributed by atoms with Gasteiger partial charge in [0.1, 0.15) is 5.69 Å². The molecule has 138 valence electrons. The number of hydrogen-bond donors (Lipinski definition) is 2. The van der Waals surface area contributed by atoms with E-state index < -0.39 is 34.3 Å². The molecule has 2 amide bonds. The molecule has 2 aromatic rings. The average molecular weight is 370 g/mol. The largest absolute Gasteiger partial charge is 0.465 e. The molecule has 27 heavy (non-hydrogen) atoms. The smallest absolute Gasteiger partial charge is 0.323 e. The van der Waals surface area contributed by atoms with E-state index in [9.17, 15) is 24.5 Å². The fourth-order valence-corrected chi connectivity index (χ4v) is 2.71. The van der Waals surface area contributed by atoms with Gasteiger partial charge in [-0.15, -0.1) is 0 Å². The number of anilines is 2. The molecule has 0 spiro atoms. The lowest BCUT2D eigenvalue weighted by molar-refractivity contribution is -0.384. The van der Waals surface area contributed by atoms with Crippen molar-refractivity contribution in [2.45, 2.75) is 12.8 Å². The van der Waals surface area contributed by atoms with Gasteiger partial charge in [0.05, 0.1) is 11.5 Å². The van der Waals surface area contributed by atoms with E-state index in [4.69, 9.17) is 4.74 Å². The number of rotatable bonds is 5. The van der Waals surface area contributed by atoms with Gasteiger partial charge < -0.3 is 15.4 Å². The van der Waals surface area contributed by atoms with Gasteiger partial charge in [0.2, 0.25) is 5.91 Å². The van der Waals surface area contributed by atoms with Crippen molar-refractivity contribution in [3.05, 3.63) is 57.9 Å². The predicted octanol–water partition coefficient (Wildman–Crippen LogP) is 1.84. The summed E-state index contributed by atoms with van der Waals surface area (Å²) in [7, 11) is 0. The summed E-state index contributed by atoms with van der Waals surface area (Å²) in [5, 5.41) is 16.4. The first kappa shape index (κ1) is 18.0. The number of fused-ring (bicyclic) bond motifs is 1. The van der Waals surface area contributed by atoms with Crippen LogP contribution in [0, 0.1) is 10.1 Å². The fraction of sp³-hybridized carbons (Fsp3) is 0.176. The van der Waals surface area contributed by atoms with E-state index >= 15 is 0 Å². The SMILES string of the molecule is CCOC(=O)C1C(=O)Nc2cc(NC(=O)c3ccncc3)c([N+](=O)[O-])cc21. The van der Waals surface area contributed by atoms with Crippen LogP contribution in [0.15, 0.2) is 36.7 Å². The third-order valence-corrected chi connectivity index (χ3v) is 3.91. The summed E-state index contributed by atoms with van der Waals surface area (Å²) in [5.74, 6) is -3.30. The second-order valence-corrected chi connectivity index (χ2v) is 5.58. The quantitative estimate of drug-likeness (QED) is 0.354. The molecule has 1 atom stereocenters. The van der Waals surface area contributed by atoms with Gasteiger partial charge >= 0.3 is 5.97 Å². The summed E-state index contributed by atoms with van der Waals surface area (Å²) in [6.07, 6.45) is 2.83. The van der Waals surface area contributed by atoms with E-state index in [2.05, 4.69) is 15.6 Å². The molecule has 2 heterocycles. The minimum Gasteiger partial charge on any atom is -0.465 e. The Labute approximate surface area is 152 Å². The van der Waals surface area contributed by atoms with E-state index in [-0.39, 0.29) is 29.1 Å². The van der Waals surface area contributed by atoms with Crippen LogP contribution in [0.25, 0.3) is 0 Å². The van der Waals surface area contributed by atoms with Crippen molar-refractivity contribution < 1.29 is 24.0 Å². The summed E-state index contributed by atoms with van der Waals surface area (Å²) < 4.78 is 4.86. The van der Waals surface area contributed by atoms with Crippen LogP contribution in [-0.2, 0) is 14.3 Å². The maximum atomic E-state index is 12.3. The normalized spacial score (nSPS) is 14.9. The first-order chi connectivity index (χ1) is 12.9. The number of carbonyl (C=O) groups excluding carboxylic acids is 3. The van der Waals surface area contributed by atoms with Gasteiger partial charge in [-0.3, -0.25) is 29.5 Å². The Kier molecular flexibility index (Phi) is 4.79. The number of nitro groups is 1. The summed E-state index contributed by atoms with van der Waals surface area (Å²) >= 11 is 0. The summed E-state index contributed by atoms with van der Waals surface area (Å²) in [6.45, 7) is 1.66. The number of ether oxygens (including phenoxy) is 1. The lowest BCUT2D eigenvalue weighted by atomic mass is 9.99. The van der Waals surface area contributed by atoms with Gasteiger partial charge in [0.15, 0.2) is 5.92 Å². The summed E-state index contributed by atoms with van der Waals surface area (Å²) in [6, 6.07) is 5.25. The van der Waals surface area contributed by atoms with Gasteiger partial charge in [0, 0.05) is 35.3 Å². The average Bonchev–Trinajstić information content (AvgIpc) is 2.96. The molecule has 1 aliphatic rings. The molecule has 10 nitrogen and oxygen atoms in total. The molecule has 2 N–H and O–H groups in total. The molecule has 0 bridgehead atoms. The number of aromatic nitrogens is 1. The zero-order valence-corrected chi connectivity index (χ0v) is 14.1. The number of benzene rings is 1. The van der Waals surface area contributed by atoms with Crippen molar-refractivity contribution >= 4 is 34.8 Å². The third-order valence-electron chi connectivity index (χ3n) is 3.91. The Morgan fingerprint density at radius 1 is 1.33 bits per heavy atom. The molecular weight excluding hydrogens is 356 g/mol. The van der Waals surface area contributed by atoms with Gasteiger partial charge in [-0.25, -0.2) is 0 Å². The lowest BCUT2D eigenvalue weighted by Crippen LogP contribution is -2.23. The van der Waals surface area contributed by atoms with E-state index in [1.807, 2.05) is 0 Å². The molecule has 1 aliphatic heterocycles. The van der Waals surface area contributed by atoms with Crippen molar-refractivity contribution in [2.75, 3.05) is 17.2 Å². The topological polar surface area (TPSA) is 141 Å². The minimum atomic E-state index is -1.29. The highest BCUT2D eigenvalue weighted by Crippen LogP contribution is 2.40. The highest BCUT2D eigenvalue weighted by molar-refractivity contribution is 6.16. The Balaban J connectivity index is 1.99. The Morgan fingerprint density at radius 3 is 2.67 bits per heavy atom. The number of nitrogens with zero attached hydrogens (tertiary/aromatic N) is 2. The maximum absolute atomic E-state index is 12.3. The summed E-state index contributed by atoms with van der Waals surface area (Å²) in [4.78, 5) is 51.0. The van der Waals surface area contributed by atoms with Crippen LogP contribution in [0.1, 0.15) is 28.8 Å². The standard InChI is InChI=1S/C17H14N4O6/c1-2-27-17(24)14-10-7-13(21(25)26)12(8-11(10)19-16(14)23)20-15(22)9-3-5-18-6-4-9/h3-8,14H,2H2,1H3,(H,19,23)(H,20,22). The fourth-order valence-electron chi connectivity index (χ4n) is 2.71. The van der Waals surface area contributed by atoms with Crippen LogP contribution in [0.2, 0.25) is 0 Å². The number of esters is 1. The molecule has 0 aliphatic carbocycles. The number of nitro benzene ring substituents is 1. The molecule has 10 heteroatoms. The Bertz CT molecular complexity index is 944. The monoisotopic (exact) mass is 370 g/mol. The second-order valence-electron chi connectivity index (χ2n) is 5.58. The van der Waals surface area contributed by atoms with Crippen LogP contribution in [0.3, 0.4) is 0 Å². The Morgan fingerprint density at radius 2 is 2.04 bits per heavy atom. The molecular formula is C17H14N4O6. The number of carbonyl (C=O) groups is 3. The van der Waals surface area contributed by atoms with Crippen molar-refractivity contribution in [3.8, 4) is 0 Å². The van der Waals surface area contributed by atoms with Crippen LogP contribution in [0.5, 0.6) is 0 Å². The molecule has 0 radical (unpaired) electrons. The third kappa shape index (κ3) is 3.45. The number of pyridine rings is 1. The van der Waals surface area contributed by atoms with E-state index in [0.717, 1.165) is 6.07 Å². The Hall–Kier alpha value is -3.82. The molecule has 1 unspecified atom stereocenters. The second kappa shape index (κ2) is 7.20. The highest BCUT2D eigenvalue weighted by atomic mass is 16.6.